The van der Waals surface area contributed by atoms with Gasteiger partial charge in [0.05, 0.1) is 12.1 Å². The van der Waals surface area contributed by atoms with Gasteiger partial charge in [0.15, 0.2) is 0 Å². The van der Waals surface area contributed by atoms with E-state index in [9.17, 15) is 9.59 Å². The van der Waals surface area contributed by atoms with Gasteiger partial charge in [0.2, 0.25) is 0 Å². The molecule has 0 aliphatic rings. The minimum absolute atomic E-state index is 0.534. The Morgan fingerprint density at radius 1 is 0.682 bits per heavy atom. The highest BCUT2D eigenvalue weighted by atomic mass is 16.2. The number of hydrogen-bond donors (Lipinski definition) is 4. The maximum absolute atomic E-state index is 11.4. The molecule has 4 amide bonds. The molecule has 0 heterocycles. The van der Waals surface area contributed by atoms with Crippen molar-refractivity contribution in [2.45, 2.75) is 12.1 Å². The summed E-state index contributed by atoms with van der Waals surface area (Å²) in [5.41, 5.74) is 12.2. The SMILES string of the molecule is NC(=O)N[C@H](c1ccccc1)[C@@H](NC(N)=O)c1ccccc1. The van der Waals surface area contributed by atoms with Crippen molar-refractivity contribution in [3.05, 3.63) is 71.8 Å². The fourth-order valence-corrected chi connectivity index (χ4v) is 2.35. The Hall–Kier alpha value is -3.02. The van der Waals surface area contributed by atoms with Crippen molar-refractivity contribution in [3.8, 4) is 0 Å². The molecule has 0 unspecified atom stereocenters. The van der Waals surface area contributed by atoms with Gasteiger partial charge in [-0.15, -0.1) is 0 Å². The van der Waals surface area contributed by atoms with Gasteiger partial charge in [0.25, 0.3) is 0 Å². The van der Waals surface area contributed by atoms with Crippen LogP contribution in [0.25, 0.3) is 0 Å². The van der Waals surface area contributed by atoms with E-state index in [1.54, 1.807) is 0 Å². The molecular weight excluding hydrogens is 280 g/mol. The molecule has 6 N–H and O–H groups in total. The van der Waals surface area contributed by atoms with E-state index in [1.807, 2.05) is 60.7 Å². The van der Waals surface area contributed by atoms with Crippen LogP contribution in [0.1, 0.15) is 23.2 Å². The summed E-state index contributed by atoms with van der Waals surface area (Å²) in [6, 6.07) is 16.1. The number of hydrogen-bond acceptors (Lipinski definition) is 2. The van der Waals surface area contributed by atoms with Gasteiger partial charge in [-0.1, -0.05) is 60.7 Å². The molecule has 0 aliphatic heterocycles. The third-order valence-electron chi connectivity index (χ3n) is 3.25. The Labute approximate surface area is 128 Å². The van der Waals surface area contributed by atoms with Crippen molar-refractivity contribution in [2.75, 3.05) is 0 Å². The molecule has 2 rings (SSSR count). The second kappa shape index (κ2) is 7.12. The summed E-state index contributed by atoms with van der Waals surface area (Å²) in [6.07, 6.45) is 0. The van der Waals surface area contributed by atoms with Gasteiger partial charge in [-0.25, -0.2) is 9.59 Å². The first kappa shape index (κ1) is 15.4. The third kappa shape index (κ3) is 3.99. The number of nitrogens with two attached hydrogens (primary N) is 2. The molecule has 2 atom stereocenters. The fraction of sp³-hybridized carbons (Fsp3) is 0.125. The van der Waals surface area contributed by atoms with Crippen LogP contribution < -0.4 is 22.1 Å². The van der Waals surface area contributed by atoms with Crippen LogP contribution in [0.2, 0.25) is 0 Å². The molecule has 0 saturated heterocycles. The van der Waals surface area contributed by atoms with E-state index >= 15 is 0 Å². The van der Waals surface area contributed by atoms with Crippen molar-refractivity contribution in [1.29, 1.82) is 0 Å². The van der Waals surface area contributed by atoms with E-state index in [0.717, 1.165) is 11.1 Å². The Morgan fingerprint density at radius 3 is 1.27 bits per heavy atom. The Morgan fingerprint density at radius 2 is 1.00 bits per heavy atom. The van der Waals surface area contributed by atoms with Crippen LogP contribution in [-0.2, 0) is 0 Å². The van der Waals surface area contributed by atoms with Crippen LogP contribution >= 0.6 is 0 Å². The van der Waals surface area contributed by atoms with Crippen LogP contribution in [0.4, 0.5) is 9.59 Å². The van der Waals surface area contributed by atoms with Gasteiger partial charge in [-0.05, 0) is 11.1 Å². The quantitative estimate of drug-likeness (QED) is 0.675. The Balaban J connectivity index is 2.43. The van der Waals surface area contributed by atoms with Crippen molar-refractivity contribution >= 4 is 12.1 Å². The predicted octanol–water partition coefficient (Wildman–Crippen LogP) is 1.81. The lowest BCUT2D eigenvalue weighted by atomic mass is 9.93. The van der Waals surface area contributed by atoms with Crippen molar-refractivity contribution < 1.29 is 9.59 Å². The molecule has 0 spiro atoms. The van der Waals surface area contributed by atoms with Crippen LogP contribution in [0.5, 0.6) is 0 Å². The number of carbonyl (C=O) groups excluding carboxylic acids is 2. The summed E-state index contributed by atoms with van der Waals surface area (Å²) >= 11 is 0. The minimum atomic E-state index is -0.680. The largest absolute Gasteiger partial charge is 0.352 e. The van der Waals surface area contributed by atoms with Gasteiger partial charge in [-0.2, -0.15) is 0 Å². The summed E-state index contributed by atoms with van der Waals surface area (Å²) in [5.74, 6) is 0. The van der Waals surface area contributed by atoms with Crippen LogP contribution in [0, 0.1) is 0 Å². The summed E-state index contributed by atoms with van der Waals surface area (Å²) in [6.45, 7) is 0. The Kier molecular flexibility index (Phi) is 4.98. The van der Waals surface area contributed by atoms with E-state index in [4.69, 9.17) is 11.5 Å². The predicted molar refractivity (Wildman–Crippen MR) is 83.8 cm³/mol. The second-order valence-electron chi connectivity index (χ2n) is 4.79. The molecule has 0 aliphatic carbocycles. The molecule has 2 aromatic rings. The highest BCUT2D eigenvalue weighted by molar-refractivity contribution is 5.74. The van der Waals surface area contributed by atoms with E-state index in [1.165, 1.54) is 0 Å². The first-order valence-electron chi connectivity index (χ1n) is 6.79. The zero-order chi connectivity index (χ0) is 15.9. The highest BCUT2D eigenvalue weighted by Crippen LogP contribution is 2.28. The summed E-state index contributed by atoms with van der Waals surface area (Å²) in [4.78, 5) is 22.7. The average Bonchev–Trinajstić information content (AvgIpc) is 2.52. The molecule has 0 bridgehead atoms. The number of carbonyl (C=O) groups is 2. The van der Waals surface area contributed by atoms with Gasteiger partial charge >= 0.3 is 12.1 Å². The van der Waals surface area contributed by atoms with Gasteiger partial charge in [0.1, 0.15) is 0 Å². The van der Waals surface area contributed by atoms with Crippen molar-refractivity contribution in [2.24, 2.45) is 11.5 Å². The zero-order valence-electron chi connectivity index (χ0n) is 11.9. The molecule has 22 heavy (non-hydrogen) atoms. The van der Waals surface area contributed by atoms with Crippen LogP contribution in [0.15, 0.2) is 60.7 Å². The third-order valence-corrected chi connectivity index (χ3v) is 3.25. The van der Waals surface area contributed by atoms with E-state index in [0.29, 0.717) is 0 Å². The highest BCUT2D eigenvalue weighted by Gasteiger charge is 2.26. The minimum Gasteiger partial charge on any atom is -0.352 e. The number of nitrogens with one attached hydrogen (secondary N) is 2. The van der Waals surface area contributed by atoms with E-state index < -0.39 is 24.1 Å². The first-order chi connectivity index (χ1) is 10.6. The van der Waals surface area contributed by atoms with Crippen molar-refractivity contribution in [3.63, 3.8) is 0 Å². The monoisotopic (exact) mass is 298 g/mol. The van der Waals surface area contributed by atoms with Gasteiger partial charge in [0, 0.05) is 0 Å². The lowest BCUT2D eigenvalue weighted by molar-refractivity contribution is 0.233. The first-order valence-corrected chi connectivity index (χ1v) is 6.79. The smallest absolute Gasteiger partial charge is 0.312 e. The molecule has 0 saturated carbocycles. The van der Waals surface area contributed by atoms with Crippen LogP contribution in [-0.4, -0.2) is 12.1 Å². The molecule has 6 nitrogen and oxygen atoms in total. The Bertz CT molecular complexity index is 574. The lowest BCUT2D eigenvalue weighted by Gasteiger charge is -2.28. The molecule has 0 aromatic heterocycles. The molecule has 0 fully saturated rings. The van der Waals surface area contributed by atoms with Gasteiger partial charge < -0.3 is 22.1 Å². The zero-order valence-corrected chi connectivity index (χ0v) is 11.9. The number of amides is 4. The number of primary amides is 2. The normalized spacial score (nSPS) is 12.9. The van der Waals surface area contributed by atoms with E-state index in [-0.39, 0.29) is 0 Å². The molecule has 114 valence electrons. The molecule has 2 aromatic carbocycles. The maximum Gasteiger partial charge on any atom is 0.312 e. The fourth-order valence-electron chi connectivity index (χ4n) is 2.35. The van der Waals surface area contributed by atoms with Crippen LogP contribution in [0.3, 0.4) is 0 Å². The summed E-state index contributed by atoms with van der Waals surface area (Å²) < 4.78 is 0. The second-order valence-corrected chi connectivity index (χ2v) is 4.79. The lowest BCUT2D eigenvalue weighted by Crippen LogP contribution is -2.44. The number of rotatable bonds is 5. The molecule has 6 heteroatoms. The summed E-state index contributed by atoms with van der Waals surface area (Å²) in [5, 5.41) is 5.34. The van der Waals surface area contributed by atoms with Crippen molar-refractivity contribution in [1.82, 2.24) is 10.6 Å². The maximum atomic E-state index is 11.4. The average molecular weight is 298 g/mol. The standard InChI is InChI=1S/C16H18N4O2/c17-15(21)19-13(11-7-3-1-4-8-11)14(20-16(18)22)12-9-5-2-6-10-12/h1-10,13-14H,(H3,17,19,21)(H3,18,20,22)/t13-,14+. The van der Waals surface area contributed by atoms with Gasteiger partial charge in [-0.3, -0.25) is 0 Å². The van der Waals surface area contributed by atoms with E-state index in [2.05, 4.69) is 10.6 Å². The molecule has 0 radical (unpaired) electrons. The number of benzene rings is 2. The molecular formula is C16H18N4O2. The summed E-state index contributed by atoms with van der Waals surface area (Å²) in [7, 11) is 0. The topological polar surface area (TPSA) is 110 Å². The number of urea groups is 2.